The number of aromatic carboxylic acids is 1. The first kappa shape index (κ1) is 13.1. The number of nitrogens with zero attached hydrogens (tertiary/aromatic N) is 1. The van der Waals surface area contributed by atoms with Crippen molar-refractivity contribution in [2.24, 2.45) is 0 Å². The van der Waals surface area contributed by atoms with Gasteiger partial charge in [-0.05, 0) is 31.2 Å². The SMILES string of the molecule is Cc1cccc(-c2nc3cc(C(=O)O)ccc3c(=O)[nH]2)c1. The summed E-state index contributed by atoms with van der Waals surface area (Å²) in [6.45, 7) is 1.95. The molecule has 0 saturated carbocycles. The van der Waals surface area contributed by atoms with E-state index in [0.717, 1.165) is 11.1 Å². The molecule has 5 heteroatoms. The molecular weight excluding hydrogens is 268 g/mol. The lowest BCUT2D eigenvalue weighted by atomic mass is 10.1. The summed E-state index contributed by atoms with van der Waals surface area (Å²) in [7, 11) is 0. The Morgan fingerprint density at radius 3 is 2.71 bits per heavy atom. The molecule has 0 aliphatic carbocycles. The lowest BCUT2D eigenvalue weighted by Gasteiger charge is -2.05. The maximum Gasteiger partial charge on any atom is 0.335 e. The highest BCUT2D eigenvalue weighted by Gasteiger charge is 2.09. The van der Waals surface area contributed by atoms with E-state index in [2.05, 4.69) is 9.97 Å². The number of carboxylic acid groups (broad SMARTS) is 1. The first-order valence-corrected chi connectivity index (χ1v) is 6.39. The highest BCUT2D eigenvalue weighted by molar-refractivity contribution is 5.93. The highest BCUT2D eigenvalue weighted by Crippen LogP contribution is 2.18. The number of carboxylic acids is 1. The smallest absolute Gasteiger partial charge is 0.335 e. The molecule has 2 aromatic carbocycles. The van der Waals surface area contributed by atoms with Crippen molar-refractivity contribution in [2.45, 2.75) is 6.92 Å². The van der Waals surface area contributed by atoms with E-state index in [1.807, 2.05) is 31.2 Å². The van der Waals surface area contributed by atoms with Crippen LogP contribution in [0.3, 0.4) is 0 Å². The molecule has 0 bridgehead atoms. The Balaban J connectivity index is 2.26. The fraction of sp³-hybridized carbons (Fsp3) is 0.0625. The monoisotopic (exact) mass is 280 g/mol. The molecule has 0 saturated heterocycles. The van der Waals surface area contributed by atoms with Crippen LogP contribution in [0, 0.1) is 6.92 Å². The van der Waals surface area contributed by atoms with Gasteiger partial charge in [-0.2, -0.15) is 0 Å². The molecule has 21 heavy (non-hydrogen) atoms. The summed E-state index contributed by atoms with van der Waals surface area (Å²) < 4.78 is 0. The van der Waals surface area contributed by atoms with Gasteiger partial charge in [0.15, 0.2) is 0 Å². The van der Waals surface area contributed by atoms with Crippen molar-refractivity contribution in [2.75, 3.05) is 0 Å². The van der Waals surface area contributed by atoms with Gasteiger partial charge in [0, 0.05) is 5.56 Å². The van der Waals surface area contributed by atoms with E-state index in [4.69, 9.17) is 5.11 Å². The molecule has 0 unspecified atom stereocenters. The molecule has 1 aromatic heterocycles. The number of aromatic amines is 1. The van der Waals surface area contributed by atoms with E-state index in [1.165, 1.54) is 18.2 Å². The van der Waals surface area contributed by atoms with Gasteiger partial charge in [0.1, 0.15) is 5.82 Å². The fourth-order valence-electron chi connectivity index (χ4n) is 2.20. The van der Waals surface area contributed by atoms with Crippen molar-refractivity contribution in [3.63, 3.8) is 0 Å². The van der Waals surface area contributed by atoms with Gasteiger partial charge in [0.05, 0.1) is 16.5 Å². The third kappa shape index (κ3) is 2.41. The van der Waals surface area contributed by atoms with E-state index in [9.17, 15) is 9.59 Å². The Bertz CT molecular complexity index is 913. The van der Waals surface area contributed by atoms with Gasteiger partial charge in [-0.1, -0.05) is 23.8 Å². The molecule has 1 heterocycles. The third-order valence-electron chi connectivity index (χ3n) is 3.25. The van der Waals surface area contributed by atoms with E-state index in [1.54, 1.807) is 0 Å². The van der Waals surface area contributed by atoms with Gasteiger partial charge >= 0.3 is 5.97 Å². The topological polar surface area (TPSA) is 83.0 Å². The molecule has 0 fully saturated rings. The largest absolute Gasteiger partial charge is 0.478 e. The quantitative estimate of drug-likeness (QED) is 0.755. The molecule has 3 rings (SSSR count). The summed E-state index contributed by atoms with van der Waals surface area (Å²) in [6, 6.07) is 11.9. The summed E-state index contributed by atoms with van der Waals surface area (Å²) in [5.74, 6) is -0.616. The summed E-state index contributed by atoms with van der Waals surface area (Å²) >= 11 is 0. The van der Waals surface area contributed by atoms with E-state index in [0.29, 0.717) is 16.7 Å². The zero-order valence-corrected chi connectivity index (χ0v) is 11.3. The molecule has 0 aliphatic rings. The van der Waals surface area contributed by atoms with Crippen LogP contribution >= 0.6 is 0 Å². The van der Waals surface area contributed by atoms with Gasteiger partial charge in [-0.15, -0.1) is 0 Å². The zero-order chi connectivity index (χ0) is 15.0. The van der Waals surface area contributed by atoms with Crippen LogP contribution in [0.25, 0.3) is 22.3 Å². The van der Waals surface area contributed by atoms with Crippen LogP contribution in [0.1, 0.15) is 15.9 Å². The van der Waals surface area contributed by atoms with E-state index in [-0.39, 0.29) is 11.1 Å². The lowest BCUT2D eigenvalue weighted by Crippen LogP contribution is -2.10. The minimum absolute atomic E-state index is 0.107. The minimum atomic E-state index is -1.05. The van der Waals surface area contributed by atoms with Crippen molar-refractivity contribution in [3.8, 4) is 11.4 Å². The normalized spacial score (nSPS) is 10.7. The van der Waals surface area contributed by atoms with Crippen molar-refractivity contribution < 1.29 is 9.90 Å². The molecule has 0 amide bonds. The van der Waals surface area contributed by atoms with Gasteiger partial charge < -0.3 is 10.1 Å². The van der Waals surface area contributed by atoms with Crippen LogP contribution in [-0.2, 0) is 0 Å². The maximum atomic E-state index is 12.1. The van der Waals surface area contributed by atoms with Crippen molar-refractivity contribution in [3.05, 3.63) is 63.9 Å². The first-order chi connectivity index (χ1) is 10.0. The van der Waals surface area contributed by atoms with Gasteiger partial charge in [-0.25, -0.2) is 9.78 Å². The Kier molecular flexibility index (Phi) is 3.02. The van der Waals surface area contributed by atoms with Crippen molar-refractivity contribution in [1.82, 2.24) is 9.97 Å². The first-order valence-electron chi connectivity index (χ1n) is 6.39. The van der Waals surface area contributed by atoms with Crippen LogP contribution < -0.4 is 5.56 Å². The number of fused-ring (bicyclic) bond motifs is 1. The number of rotatable bonds is 2. The van der Waals surface area contributed by atoms with E-state index >= 15 is 0 Å². The van der Waals surface area contributed by atoms with Crippen molar-refractivity contribution >= 4 is 16.9 Å². The Morgan fingerprint density at radius 1 is 1.19 bits per heavy atom. The summed E-state index contributed by atoms with van der Waals surface area (Å²) in [6.07, 6.45) is 0. The number of carbonyl (C=O) groups is 1. The molecular formula is C16H12N2O3. The Hall–Kier alpha value is -2.95. The predicted molar refractivity (Wildman–Crippen MR) is 79.5 cm³/mol. The number of benzene rings is 2. The van der Waals surface area contributed by atoms with Crippen molar-refractivity contribution in [1.29, 1.82) is 0 Å². The molecule has 0 radical (unpaired) electrons. The minimum Gasteiger partial charge on any atom is -0.478 e. The number of hydrogen-bond acceptors (Lipinski definition) is 3. The molecule has 5 nitrogen and oxygen atoms in total. The number of aromatic nitrogens is 2. The highest BCUT2D eigenvalue weighted by atomic mass is 16.4. The Labute approximate surface area is 119 Å². The number of hydrogen-bond donors (Lipinski definition) is 2. The maximum absolute atomic E-state index is 12.1. The van der Waals surface area contributed by atoms with Crippen LogP contribution in [0.4, 0.5) is 0 Å². The van der Waals surface area contributed by atoms with Crippen LogP contribution in [0.2, 0.25) is 0 Å². The van der Waals surface area contributed by atoms with Crippen LogP contribution in [0.15, 0.2) is 47.3 Å². The molecule has 0 atom stereocenters. The molecule has 0 spiro atoms. The number of H-pyrrole nitrogens is 1. The second-order valence-corrected chi connectivity index (χ2v) is 4.82. The second-order valence-electron chi connectivity index (χ2n) is 4.82. The predicted octanol–water partition coefficient (Wildman–Crippen LogP) is 2.60. The molecule has 0 aliphatic heterocycles. The number of nitrogens with one attached hydrogen (secondary N) is 1. The van der Waals surface area contributed by atoms with E-state index < -0.39 is 5.97 Å². The summed E-state index contributed by atoms with van der Waals surface area (Å²) in [5, 5.41) is 9.39. The van der Waals surface area contributed by atoms with Gasteiger partial charge in [0.2, 0.25) is 0 Å². The van der Waals surface area contributed by atoms with Crippen LogP contribution in [0.5, 0.6) is 0 Å². The van der Waals surface area contributed by atoms with Crippen LogP contribution in [-0.4, -0.2) is 21.0 Å². The summed E-state index contributed by atoms with van der Waals surface area (Å²) in [5.41, 5.74) is 2.03. The average Bonchev–Trinajstić information content (AvgIpc) is 2.46. The Morgan fingerprint density at radius 2 is 2.00 bits per heavy atom. The standard InChI is InChI=1S/C16H12N2O3/c1-9-3-2-4-10(7-9)14-17-13-8-11(16(20)21)5-6-12(13)15(19)18-14/h2-8H,1H3,(H,20,21)(H,17,18,19). The molecule has 3 aromatic rings. The van der Waals surface area contributed by atoms with Gasteiger partial charge in [-0.3, -0.25) is 4.79 Å². The average molecular weight is 280 g/mol. The molecule has 2 N–H and O–H groups in total. The van der Waals surface area contributed by atoms with Gasteiger partial charge in [0.25, 0.3) is 5.56 Å². The fourth-order valence-corrected chi connectivity index (χ4v) is 2.20. The second kappa shape index (κ2) is 4.86. The molecule has 104 valence electrons. The number of aryl methyl sites for hydroxylation is 1. The third-order valence-corrected chi connectivity index (χ3v) is 3.25. The zero-order valence-electron chi connectivity index (χ0n) is 11.3. The summed E-state index contributed by atoms with van der Waals surface area (Å²) in [4.78, 5) is 30.2. The lowest BCUT2D eigenvalue weighted by molar-refractivity contribution is 0.0697.